The summed E-state index contributed by atoms with van der Waals surface area (Å²) in [5.74, 6) is 1.12. The molecule has 4 aliphatic rings. The summed E-state index contributed by atoms with van der Waals surface area (Å²) in [7, 11) is -3.38. The van der Waals surface area contributed by atoms with E-state index in [1.54, 1.807) is 4.90 Å². The number of amides is 1. The van der Waals surface area contributed by atoms with Gasteiger partial charge in [0.25, 0.3) is 5.91 Å². The van der Waals surface area contributed by atoms with Crippen LogP contribution >= 0.6 is 0 Å². The van der Waals surface area contributed by atoms with Crippen molar-refractivity contribution >= 4 is 15.9 Å². The van der Waals surface area contributed by atoms with E-state index < -0.39 is 10.0 Å². The fourth-order valence-electron chi connectivity index (χ4n) is 5.17. The van der Waals surface area contributed by atoms with Crippen LogP contribution in [0.2, 0.25) is 0 Å². The number of nitrogens with zero attached hydrogens (tertiary/aromatic N) is 1. The first-order valence-electron chi connectivity index (χ1n) is 10.9. The van der Waals surface area contributed by atoms with E-state index in [-0.39, 0.29) is 30.7 Å². The molecule has 3 aliphatic heterocycles. The number of sulfonamides is 1. The molecule has 1 saturated carbocycles. The molecule has 8 heteroatoms. The zero-order valence-corrected chi connectivity index (χ0v) is 18.6. The first kappa shape index (κ1) is 21.6. The second-order valence-corrected chi connectivity index (χ2v) is 10.7. The van der Waals surface area contributed by atoms with E-state index in [9.17, 15) is 13.2 Å². The minimum atomic E-state index is -3.38. The Bertz CT molecular complexity index is 880. The molecule has 5 rings (SSSR count). The van der Waals surface area contributed by atoms with Gasteiger partial charge in [-0.1, -0.05) is 18.2 Å². The number of hydrogen-bond acceptors (Lipinski definition) is 5. The summed E-state index contributed by atoms with van der Waals surface area (Å²) in [6.45, 7) is 2.91. The average Bonchev–Trinajstić information content (AvgIpc) is 2.71. The second kappa shape index (κ2) is 8.85. The van der Waals surface area contributed by atoms with Crippen LogP contribution in [-0.2, 0) is 19.6 Å². The van der Waals surface area contributed by atoms with Crippen molar-refractivity contribution in [2.75, 3.05) is 26.0 Å². The van der Waals surface area contributed by atoms with Crippen LogP contribution in [0.25, 0.3) is 0 Å². The van der Waals surface area contributed by atoms with E-state index in [2.05, 4.69) is 16.9 Å². The van der Waals surface area contributed by atoms with Gasteiger partial charge in [0.2, 0.25) is 10.0 Å². The first-order chi connectivity index (χ1) is 14.3. The van der Waals surface area contributed by atoms with Gasteiger partial charge in [-0.05, 0) is 62.5 Å². The van der Waals surface area contributed by atoms with Crippen molar-refractivity contribution in [1.29, 1.82) is 0 Å². The molecule has 0 spiro atoms. The number of para-hydroxylation sites is 1. The minimum Gasteiger partial charge on any atom is -0.483 e. The van der Waals surface area contributed by atoms with Crippen molar-refractivity contribution in [1.82, 2.24) is 9.62 Å². The number of rotatable bonds is 2. The van der Waals surface area contributed by atoms with Gasteiger partial charge < -0.3 is 14.4 Å². The Kier molecular flexibility index (Phi) is 6.36. The summed E-state index contributed by atoms with van der Waals surface area (Å²) in [6, 6.07) is 5.54. The van der Waals surface area contributed by atoms with E-state index in [4.69, 9.17) is 9.47 Å². The number of carbonyl (C=O) groups excluding carboxylic acids is 1. The lowest BCUT2D eigenvalue weighted by Crippen LogP contribution is -2.59. The molecule has 166 valence electrons. The molecule has 1 aliphatic carbocycles. The van der Waals surface area contributed by atoms with Crippen molar-refractivity contribution in [3.63, 3.8) is 0 Å². The molecule has 3 heterocycles. The number of aryl methyl sites for hydroxylation is 1. The van der Waals surface area contributed by atoms with Crippen LogP contribution in [0.5, 0.6) is 5.75 Å². The van der Waals surface area contributed by atoms with Gasteiger partial charge >= 0.3 is 0 Å². The zero-order chi connectivity index (χ0) is 21.3. The third-order valence-electron chi connectivity index (χ3n) is 6.66. The fourth-order valence-corrected chi connectivity index (χ4v) is 6.00. The van der Waals surface area contributed by atoms with E-state index in [0.717, 1.165) is 49.7 Å². The van der Waals surface area contributed by atoms with Crippen molar-refractivity contribution in [3.8, 4) is 5.75 Å². The Balaban J connectivity index is 1.64. The molecule has 2 atom stereocenters. The molecule has 1 unspecified atom stereocenters. The molecule has 1 N–H and O–H groups in total. The van der Waals surface area contributed by atoms with Crippen molar-refractivity contribution in [2.45, 2.75) is 69.6 Å². The van der Waals surface area contributed by atoms with E-state index in [1.165, 1.54) is 5.56 Å². The summed E-state index contributed by atoms with van der Waals surface area (Å²) < 4.78 is 38.9. The predicted molar refractivity (Wildman–Crippen MR) is 114 cm³/mol. The summed E-state index contributed by atoms with van der Waals surface area (Å²) in [6.07, 6.45) is 6.73. The molecule has 7 nitrogen and oxygen atoms in total. The van der Waals surface area contributed by atoms with Gasteiger partial charge in [0.15, 0.2) is 6.61 Å². The van der Waals surface area contributed by atoms with Crippen LogP contribution < -0.4 is 9.46 Å². The van der Waals surface area contributed by atoms with Crippen molar-refractivity contribution in [3.05, 3.63) is 29.3 Å². The number of carbonyl (C=O) groups is 1. The maximum Gasteiger partial charge on any atom is 0.260 e. The standard InChI is InChI=1S/C22H32N2O5S/c1-15-5-3-6-18-16-8-10-17(11-9-16)28-13-20-19(23-30(2,26)27)7-4-12-24(20)21(25)14-29-22(15)18/h3,5-6,16-17,19-20,23H,4,7-14H2,1-2H3/t16?,17?,19?,20-/m0/s1. The number of piperidine rings is 1. The molecule has 1 aromatic rings. The van der Waals surface area contributed by atoms with Crippen LogP contribution in [0.4, 0.5) is 0 Å². The predicted octanol–water partition coefficient (Wildman–Crippen LogP) is 2.34. The van der Waals surface area contributed by atoms with Gasteiger partial charge in [0.05, 0.1) is 25.0 Å². The SMILES string of the molecule is Cc1cccc2c1OCC(=O)N1CCCC(NS(C)(=O)=O)[C@@H]1COC1CCC2CC1. The Morgan fingerprint density at radius 2 is 1.90 bits per heavy atom. The number of benzene rings is 1. The largest absolute Gasteiger partial charge is 0.483 e. The second-order valence-electron chi connectivity index (χ2n) is 8.88. The van der Waals surface area contributed by atoms with Crippen molar-refractivity contribution < 1.29 is 22.7 Å². The topological polar surface area (TPSA) is 84.9 Å². The molecule has 0 radical (unpaired) electrons. The summed E-state index contributed by atoms with van der Waals surface area (Å²) in [5, 5.41) is 0. The molecule has 2 fully saturated rings. The highest BCUT2D eigenvalue weighted by Gasteiger charge is 2.37. The molecule has 1 saturated heterocycles. The highest BCUT2D eigenvalue weighted by molar-refractivity contribution is 7.88. The van der Waals surface area contributed by atoms with Gasteiger partial charge in [0.1, 0.15) is 5.75 Å². The lowest BCUT2D eigenvalue weighted by molar-refractivity contribution is -0.140. The fraction of sp³-hybridized carbons (Fsp3) is 0.682. The molecule has 0 aromatic heterocycles. The zero-order valence-electron chi connectivity index (χ0n) is 17.8. The van der Waals surface area contributed by atoms with E-state index in [0.29, 0.717) is 25.5 Å². The number of fused-ring (bicyclic) bond motifs is 5. The highest BCUT2D eigenvalue weighted by atomic mass is 32.2. The number of nitrogens with one attached hydrogen (secondary N) is 1. The summed E-state index contributed by atoms with van der Waals surface area (Å²) in [5.41, 5.74) is 2.23. The molecular weight excluding hydrogens is 404 g/mol. The Labute approximate surface area is 179 Å². The Morgan fingerprint density at radius 1 is 1.13 bits per heavy atom. The Morgan fingerprint density at radius 3 is 2.63 bits per heavy atom. The lowest BCUT2D eigenvalue weighted by atomic mass is 9.82. The normalized spacial score (nSPS) is 30.3. The van der Waals surface area contributed by atoms with Crippen molar-refractivity contribution in [2.24, 2.45) is 0 Å². The molecule has 1 amide bonds. The Hall–Kier alpha value is -1.64. The maximum absolute atomic E-state index is 13.1. The van der Waals surface area contributed by atoms with Crippen LogP contribution in [0.15, 0.2) is 18.2 Å². The maximum atomic E-state index is 13.1. The van der Waals surface area contributed by atoms with Gasteiger partial charge in [-0.15, -0.1) is 0 Å². The van der Waals surface area contributed by atoms with Gasteiger partial charge in [-0.25, -0.2) is 13.1 Å². The number of hydrogen-bond donors (Lipinski definition) is 1. The van der Waals surface area contributed by atoms with E-state index >= 15 is 0 Å². The molecule has 30 heavy (non-hydrogen) atoms. The molecular formula is C22H32N2O5S. The minimum absolute atomic E-state index is 0.0455. The van der Waals surface area contributed by atoms with Gasteiger partial charge in [-0.2, -0.15) is 0 Å². The van der Waals surface area contributed by atoms with Gasteiger partial charge in [-0.3, -0.25) is 4.79 Å². The van der Waals surface area contributed by atoms with Crippen LogP contribution in [0.3, 0.4) is 0 Å². The van der Waals surface area contributed by atoms with Crippen LogP contribution in [0.1, 0.15) is 55.6 Å². The smallest absolute Gasteiger partial charge is 0.260 e. The van der Waals surface area contributed by atoms with Gasteiger partial charge in [0, 0.05) is 12.6 Å². The average molecular weight is 437 g/mol. The van der Waals surface area contributed by atoms with E-state index in [1.807, 2.05) is 13.0 Å². The monoisotopic (exact) mass is 436 g/mol. The number of ether oxygens (including phenoxy) is 2. The van der Waals surface area contributed by atoms with Crippen LogP contribution in [-0.4, -0.2) is 63.4 Å². The summed E-state index contributed by atoms with van der Waals surface area (Å²) >= 11 is 0. The third-order valence-corrected chi connectivity index (χ3v) is 7.39. The third kappa shape index (κ3) is 4.81. The lowest BCUT2D eigenvalue weighted by Gasteiger charge is -2.41. The quantitative estimate of drug-likeness (QED) is 0.769. The highest BCUT2D eigenvalue weighted by Crippen LogP contribution is 2.40. The molecule has 2 bridgehead atoms. The molecule has 1 aromatic carbocycles. The first-order valence-corrected chi connectivity index (χ1v) is 12.8. The van der Waals surface area contributed by atoms with Crippen LogP contribution in [0, 0.1) is 6.92 Å². The summed E-state index contributed by atoms with van der Waals surface area (Å²) in [4.78, 5) is 14.9.